The minimum atomic E-state index is 0.506. The first-order chi connectivity index (χ1) is 7.30. The van der Waals surface area contributed by atoms with Crippen LogP contribution in [0.4, 0.5) is 0 Å². The van der Waals surface area contributed by atoms with Crippen molar-refractivity contribution in [1.82, 2.24) is 5.32 Å². The SMILES string of the molecule is CC(C)C1(C)CCNCCC(C)(C(C)C)C1. The van der Waals surface area contributed by atoms with E-state index in [1.807, 2.05) is 0 Å². The first-order valence-corrected chi connectivity index (χ1v) is 7.01. The molecule has 0 radical (unpaired) electrons. The van der Waals surface area contributed by atoms with E-state index < -0.39 is 0 Å². The van der Waals surface area contributed by atoms with Crippen molar-refractivity contribution >= 4 is 0 Å². The third-order valence-corrected chi connectivity index (χ3v) is 5.34. The van der Waals surface area contributed by atoms with Gasteiger partial charge in [-0.15, -0.1) is 0 Å². The fourth-order valence-electron chi connectivity index (χ4n) is 2.96. The summed E-state index contributed by atoms with van der Waals surface area (Å²) in [5.74, 6) is 1.57. The van der Waals surface area contributed by atoms with Crippen molar-refractivity contribution in [1.29, 1.82) is 0 Å². The van der Waals surface area contributed by atoms with Crippen molar-refractivity contribution in [3.05, 3.63) is 0 Å². The summed E-state index contributed by atoms with van der Waals surface area (Å²) in [6.07, 6.45) is 4.04. The molecule has 1 nitrogen and oxygen atoms in total. The van der Waals surface area contributed by atoms with E-state index in [4.69, 9.17) is 0 Å². The van der Waals surface area contributed by atoms with Crippen LogP contribution in [-0.4, -0.2) is 13.1 Å². The summed E-state index contributed by atoms with van der Waals surface area (Å²) in [5, 5.41) is 3.61. The van der Waals surface area contributed by atoms with Crippen molar-refractivity contribution in [3.63, 3.8) is 0 Å². The van der Waals surface area contributed by atoms with Crippen LogP contribution in [0.5, 0.6) is 0 Å². The lowest BCUT2D eigenvalue weighted by Gasteiger charge is -2.46. The van der Waals surface area contributed by atoms with Crippen molar-refractivity contribution in [2.75, 3.05) is 13.1 Å². The maximum atomic E-state index is 3.61. The van der Waals surface area contributed by atoms with E-state index in [2.05, 4.69) is 46.9 Å². The topological polar surface area (TPSA) is 12.0 Å². The predicted molar refractivity (Wildman–Crippen MR) is 72.6 cm³/mol. The molecule has 1 aliphatic heterocycles. The minimum absolute atomic E-state index is 0.506. The summed E-state index contributed by atoms with van der Waals surface area (Å²) in [4.78, 5) is 0. The molecule has 0 aromatic carbocycles. The molecule has 96 valence electrons. The van der Waals surface area contributed by atoms with Crippen LogP contribution in [0.3, 0.4) is 0 Å². The van der Waals surface area contributed by atoms with Crippen LogP contribution in [0, 0.1) is 22.7 Å². The third-order valence-electron chi connectivity index (χ3n) is 5.34. The molecule has 1 saturated heterocycles. The summed E-state index contributed by atoms with van der Waals surface area (Å²) in [7, 11) is 0. The van der Waals surface area contributed by atoms with Gasteiger partial charge in [0.05, 0.1) is 0 Å². The molecule has 2 unspecified atom stereocenters. The lowest BCUT2D eigenvalue weighted by atomic mass is 9.60. The van der Waals surface area contributed by atoms with E-state index in [9.17, 15) is 0 Å². The van der Waals surface area contributed by atoms with Crippen LogP contribution in [-0.2, 0) is 0 Å². The summed E-state index contributed by atoms with van der Waals surface area (Å²) < 4.78 is 0. The summed E-state index contributed by atoms with van der Waals surface area (Å²) >= 11 is 0. The van der Waals surface area contributed by atoms with Gasteiger partial charge >= 0.3 is 0 Å². The van der Waals surface area contributed by atoms with Crippen LogP contribution in [0.25, 0.3) is 0 Å². The van der Waals surface area contributed by atoms with Gasteiger partial charge in [0, 0.05) is 0 Å². The zero-order valence-corrected chi connectivity index (χ0v) is 12.2. The van der Waals surface area contributed by atoms with E-state index in [0.717, 1.165) is 11.8 Å². The summed E-state index contributed by atoms with van der Waals surface area (Å²) in [5.41, 5.74) is 1.01. The molecular formula is C15H31N. The zero-order chi connectivity index (χ0) is 12.4. The molecular weight excluding hydrogens is 194 g/mol. The molecule has 1 aliphatic rings. The molecule has 0 aromatic rings. The average Bonchev–Trinajstić information content (AvgIpc) is 2.13. The Labute approximate surface area is 102 Å². The Balaban J connectivity index is 2.87. The maximum absolute atomic E-state index is 3.61. The van der Waals surface area contributed by atoms with E-state index in [1.54, 1.807) is 0 Å². The smallest absolute Gasteiger partial charge is 0.00436 e. The molecule has 2 atom stereocenters. The Bertz CT molecular complexity index is 199. The Kier molecular flexibility index (Phi) is 4.45. The predicted octanol–water partition coefficient (Wildman–Crippen LogP) is 4.08. The van der Waals surface area contributed by atoms with E-state index in [0.29, 0.717) is 10.8 Å². The van der Waals surface area contributed by atoms with E-state index in [-0.39, 0.29) is 0 Å². The normalized spacial score (nSPS) is 37.5. The summed E-state index contributed by atoms with van der Waals surface area (Å²) in [6.45, 7) is 16.9. The van der Waals surface area contributed by atoms with Crippen molar-refractivity contribution in [2.24, 2.45) is 22.7 Å². The molecule has 1 rings (SSSR count). The summed E-state index contributed by atoms with van der Waals surface area (Å²) in [6, 6.07) is 0. The van der Waals surface area contributed by atoms with Crippen molar-refractivity contribution in [3.8, 4) is 0 Å². The molecule has 0 spiro atoms. The fraction of sp³-hybridized carbons (Fsp3) is 1.00. The van der Waals surface area contributed by atoms with E-state index in [1.165, 1.54) is 32.4 Å². The van der Waals surface area contributed by atoms with Crippen LogP contribution in [0.2, 0.25) is 0 Å². The highest BCUT2D eigenvalue weighted by Gasteiger charge is 2.39. The van der Waals surface area contributed by atoms with Gasteiger partial charge in [-0.25, -0.2) is 0 Å². The molecule has 1 fully saturated rings. The maximum Gasteiger partial charge on any atom is -0.00436 e. The second-order valence-corrected chi connectivity index (χ2v) is 7.04. The Morgan fingerprint density at radius 3 is 1.50 bits per heavy atom. The number of hydrogen-bond acceptors (Lipinski definition) is 1. The first kappa shape index (κ1) is 14.0. The quantitative estimate of drug-likeness (QED) is 0.746. The molecule has 1 N–H and O–H groups in total. The second-order valence-electron chi connectivity index (χ2n) is 7.04. The van der Waals surface area contributed by atoms with Crippen LogP contribution < -0.4 is 5.32 Å². The molecule has 1 heteroatoms. The molecule has 0 amide bonds. The molecule has 0 bridgehead atoms. The third kappa shape index (κ3) is 3.00. The van der Waals surface area contributed by atoms with Gasteiger partial charge in [-0.1, -0.05) is 41.5 Å². The molecule has 0 aliphatic carbocycles. The van der Waals surface area contributed by atoms with Crippen LogP contribution >= 0.6 is 0 Å². The minimum Gasteiger partial charge on any atom is -0.317 e. The number of hydrogen-bond donors (Lipinski definition) is 1. The van der Waals surface area contributed by atoms with Gasteiger partial charge in [0.25, 0.3) is 0 Å². The Hall–Kier alpha value is -0.0400. The number of nitrogens with one attached hydrogen (secondary N) is 1. The first-order valence-electron chi connectivity index (χ1n) is 7.01. The van der Waals surface area contributed by atoms with Gasteiger partial charge in [-0.2, -0.15) is 0 Å². The Morgan fingerprint density at radius 2 is 1.19 bits per heavy atom. The monoisotopic (exact) mass is 225 g/mol. The van der Waals surface area contributed by atoms with Gasteiger partial charge in [0.2, 0.25) is 0 Å². The van der Waals surface area contributed by atoms with Crippen molar-refractivity contribution < 1.29 is 0 Å². The molecule has 16 heavy (non-hydrogen) atoms. The highest BCUT2D eigenvalue weighted by Crippen LogP contribution is 2.47. The standard InChI is InChI=1S/C15H31N/c1-12(2)14(5)7-9-16-10-8-15(6,11-14)13(3)4/h12-13,16H,7-11H2,1-6H3. The average molecular weight is 225 g/mol. The lowest BCUT2D eigenvalue weighted by molar-refractivity contribution is 0.0481. The van der Waals surface area contributed by atoms with Gasteiger partial charge in [0.1, 0.15) is 0 Å². The lowest BCUT2D eigenvalue weighted by Crippen LogP contribution is -2.41. The van der Waals surface area contributed by atoms with Gasteiger partial charge in [0.15, 0.2) is 0 Å². The number of rotatable bonds is 2. The second kappa shape index (κ2) is 5.08. The molecule has 0 saturated carbocycles. The van der Waals surface area contributed by atoms with Gasteiger partial charge in [-0.05, 0) is 55.0 Å². The van der Waals surface area contributed by atoms with E-state index >= 15 is 0 Å². The molecule has 0 aromatic heterocycles. The van der Waals surface area contributed by atoms with Crippen LogP contribution in [0.15, 0.2) is 0 Å². The highest BCUT2D eigenvalue weighted by atomic mass is 14.9. The highest BCUT2D eigenvalue weighted by molar-refractivity contribution is 4.91. The largest absolute Gasteiger partial charge is 0.317 e. The Morgan fingerprint density at radius 1 is 0.812 bits per heavy atom. The van der Waals surface area contributed by atoms with Crippen molar-refractivity contribution in [2.45, 2.75) is 60.8 Å². The molecule has 1 heterocycles. The van der Waals surface area contributed by atoms with Gasteiger partial charge in [-0.3, -0.25) is 0 Å². The van der Waals surface area contributed by atoms with Gasteiger partial charge < -0.3 is 5.32 Å². The zero-order valence-electron chi connectivity index (χ0n) is 12.2. The van der Waals surface area contributed by atoms with Crippen LogP contribution in [0.1, 0.15) is 60.8 Å². The fourth-order valence-corrected chi connectivity index (χ4v) is 2.96.